The third-order valence-corrected chi connectivity index (χ3v) is 2.00. The topological polar surface area (TPSA) is 55.8 Å². The van der Waals surface area contributed by atoms with Crippen molar-refractivity contribution in [3.63, 3.8) is 0 Å². The Morgan fingerprint density at radius 3 is 2.42 bits per heavy atom. The normalized spacial score (nSPS) is 12.2. The van der Waals surface area contributed by atoms with Crippen molar-refractivity contribution >= 4 is 31.3 Å². The fourth-order valence-corrected chi connectivity index (χ4v) is 1.41. The molecule has 0 bridgehead atoms. The molecule has 0 radical (unpaired) electrons. The predicted molar refractivity (Wildman–Crippen MR) is 52.9 cm³/mol. The molecule has 1 rings (SSSR count). The summed E-state index contributed by atoms with van der Waals surface area (Å²) >= 11 is 1.67. The van der Waals surface area contributed by atoms with Gasteiger partial charge in [-0.15, -0.1) is 0 Å². The summed E-state index contributed by atoms with van der Waals surface area (Å²) in [6.07, 6.45) is 0. The van der Waals surface area contributed by atoms with Gasteiger partial charge in [0.2, 0.25) is 0 Å². The molecule has 0 heterocycles. The highest BCUT2D eigenvalue weighted by Gasteiger charge is 2.04. The van der Waals surface area contributed by atoms with Crippen molar-refractivity contribution < 1.29 is 17.0 Å². The summed E-state index contributed by atoms with van der Waals surface area (Å²) in [5.74, 6) is 0.712. The number of rotatable bonds is 3. The van der Waals surface area contributed by atoms with Gasteiger partial charge in [0, 0.05) is 0 Å². The molecule has 12 heavy (non-hydrogen) atoms. The molecule has 1 aromatic carbocycles. The number of benzene rings is 1. The molecular formula is C6H6IO4P. The molecule has 0 spiro atoms. The van der Waals surface area contributed by atoms with E-state index in [9.17, 15) is 4.57 Å². The zero-order valence-corrected chi connectivity index (χ0v) is 9.02. The quantitative estimate of drug-likeness (QED) is 0.686. The lowest BCUT2D eigenvalue weighted by Crippen LogP contribution is -1.83. The number of hydrogen-bond donors (Lipinski definition) is 1. The van der Waals surface area contributed by atoms with Crippen LogP contribution in [0.3, 0.4) is 0 Å². The second kappa shape index (κ2) is 4.69. The van der Waals surface area contributed by atoms with Crippen LogP contribution in [0, 0.1) is 0 Å². The predicted octanol–water partition coefficient (Wildman–Crippen LogP) is 2.18. The van der Waals surface area contributed by atoms with E-state index in [1.165, 1.54) is 0 Å². The molecule has 0 aliphatic rings. The molecule has 0 amide bonds. The van der Waals surface area contributed by atoms with Crippen LogP contribution in [-0.2, 0) is 4.57 Å². The molecule has 0 saturated heterocycles. The molecule has 6 heteroatoms. The summed E-state index contributed by atoms with van der Waals surface area (Å²) in [6, 6.07) is 6.65. The monoisotopic (exact) mass is 300 g/mol. The van der Waals surface area contributed by atoms with Crippen LogP contribution < -0.4 is 7.59 Å². The van der Waals surface area contributed by atoms with Crippen molar-refractivity contribution in [3.05, 3.63) is 24.3 Å². The van der Waals surface area contributed by atoms with E-state index in [0.29, 0.717) is 5.75 Å². The molecule has 0 aliphatic carbocycles. The van der Waals surface area contributed by atoms with Gasteiger partial charge in [0.15, 0.2) is 34.5 Å². The van der Waals surface area contributed by atoms with E-state index >= 15 is 0 Å². The van der Waals surface area contributed by atoms with Crippen LogP contribution in [0.5, 0.6) is 11.5 Å². The summed E-state index contributed by atoms with van der Waals surface area (Å²) in [7, 11) is -2.95. The standard InChI is InChI=1S/C6H6IO4P/c7-10-5-3-1-2-4-6(5)11-12(8)9/h1-4,12H,(H,8,9). The molecule has 1 unspecified atom stereocenters. The van der Waals surface area contributed by atoms with Gasteiger partial charge in [-0.25, -0.2) is 4.57 Å². The third-order valence-electron chi connectivity index (χ3n) is 1.13. The van der Waals surface area contributed by atoms with E-state index in [1.54, 1.807) is 47.3 Å². The highest BCUT2D eigenvalue weighted by Crippen LogP contribution is 2.33. The first-order valence-corrected chi connectivity index (χ1v) is 5.17. The van der Waals surface area contributed by atoms with Gasteiger partial charge in [0.25, 0.3) is 0 Å². The van der Waals surface area contributed by atoms with Crippen LogP contribution in [0.25, 0.3) is 0 Å². The van der Waals surface area contributed by atoms with Crippen molar-refractivity contribution in [1.29, 1.82) is 0 Å². The lowest BCUT2D eigenvalue weighted by atomic mass is 10.3. The van der Waals surface area contributed by atoms with Crippen molar-refractivity contribution in [2.75, 3.05) is 0 Å². The van der Waals surface area contributed by atoms with Gasteiger partial charge in [-0.3, -0.25) is 0 Å². The molecule has 1 N–H and O–H groups in total. The summed E-state index contributed by atoms with van der Waals surface area (Å²) < 4.78 is 19.8. The minimum atomic E-state index is -2.95. The lowest BCUT2D eigenvalue weighted by Gasteiger charge is -2.04. The largest absolute Gasteiger partial charge is 0.424 e. The van der Waals surface area contributed by atoms with Crippen LogP contribution >= 0.6 is 31.3 Å². The third kappa shape index (κ3) is 2.66. The van der Waals surface area contributed by atoms with Crippen LogP contribution in [-0.4, -0.2) is 4.89 Å². The van der Waals surface area contributed by atoms with Crippen LogP contribution in [0.2, 0.25) is 0 Å². The highest BCUT2D eigenvalue weighted by atomic mass is 127. The second-order valence-electron chi connectivity index (χ2n) is 1.89. The van der Waals surface area contributed by atoms with Crippen LogP contribution in [0.4, 0.5) is 0 Å². The van der Waals surface area contributed by atoms with Gasteiger partial charge in [-0.2, -0.15) is 0 Å². The van der Waals surface area contributed by atoms with Gasteiger partial charge in [0.05, 0.1) is 0 Å². The molecule has 0 saturated carbocycles. The van der Waals surface area contributed by atoms with E-state index in [4.69, 9.17) is 7.96 Å². The van der Waals surface area contributed by atoms with Gasteiger partial charge in [0.1, 0.15) is 0 Å². The van der Waals surface area contributed by atoms with Crippen LogP contribution in [0.15, 0.2) is 24.3 Å². The summed E-state index contributed by atoms with van der Waals surface area (Å²) in [6.45, 7) is 0. The molecule has 0 fully saturated rings. The molecule has 1 atom stereocenters. The fraction of sp³-hybridized carbons (Fsp3) is 0. The Bertz CT molecular complexity index is 291. The Kier molecular flexibility index (Phi) is 3.84. The van der Waals surface area contributed by atoms with E-state index < -0.39 is 8.25 Å². The van der Waals surface area contributed by atoms with Gasteiger partial charge < -0.3 is 12.5 Å². The SMILES string of the molecule is O=[PH](O)Oc1ccccc1OI. The van der Waals surface area contributed by atoms with Crippen molar-refractivity contribution in [1.82, 2.24) is 0 Å². The smallest absolute Gasteiger partial charge is 0.365 e. The number of halogens is 1. The van der Waals surface area contributed by atoms with E-state index in [0.717, 1.165) is 0 Å². The van der Waals surface area contributed by atoms with Crippen molar-refractivity contribution in [2.45, 2.75) is 0 Å². The van der Waals surface area contributed by atoms with Gasteiger partial charge >= 0.3 is 8.25 Å². The Labute approximate surface area is 84.1 Å². The maximum Gasteiger partial charge on any atom is 0.365 e. The molecule has 66 valence electrons. The zero-order chi connectivity index (χ0) is 8.97. The van der Waals surface area contributed by atoms with E-state index in [-0.39, 0.29) is 5.75 Å². The molecular weight excluding hydrogens is 294 g/mol. The average Bonchev–Trinajstić information content (AvgIpc) is 2.04. The Balaban J connectivity index is 2.89. The van der Waals surface area contributed by atoms with Crippen molar-refractivity contribution in [3.8, 4) is 11.5 Å². The molecule has 0 aromatic heterocycles. The minimum Gasteiger partial charge on any atom is -0.424 e. The summed E-state index contributed by atoms with van der Waals surface area (Å²) in [4.78, 5) is 8.49. The lowest BCUT2D eigenvalue weighted by molar-refractivity contribution is 0.406. The fourth-order valence-electron chi connectivity index (χ4n) is 0.692. The average molecular weight is 300 g/mol. The minimum absolute atomic E-state index is 0.276. The highest BCUT2D eigenvalue weighted by molar-refractivity contribution is 14.1. The van der Waals surface area contributed by atoms with Crippen molar-refractivity contribution in [2.24, 2.45) is 0 Å². The van der Waals surface area contributed by atoms with Crippen LogP contribution in [0.1, 0.15) is 0 Å². The number of para-hydroxylation sites is 2. The van der Waals surface area contributed by atoms with Gasteiger partial charge in [-0.05, 0) is 12.1 Å². The first kappa shape index (κ1) is 9.83. The van der Waals surface area contributed by atoms with Gasteiger partial charge in [-0.1, -0.05) is 12.1 Å². The Morgan fingerprint density at radius 1 is 1.33 bits per heavy atom. The molecule has 0 aliphatic heterocycles. The maximum absolute atomic E-state index is 10.3. The molecule has 1 aromatic rings. The summed E-state index contributed by atoms with van der Waals surface area (Å²) in [5, 5.41) is 0. The Hall–Kier alpha value is -0.260. The summed E-state index contributed by atoms with van der Waals surface area (Å²) in [5.41, 5.74) is 0. The first-order chi connectivity index (χ1) is 5.74. The first-order valence-electron chi connectivity index (χ1n) is 3.02. The zero-order valence-electron chi connectivity index (χ0n) is 5.86. The maximum atomic E-state index is 10.3. The Morgan fingerprint density at radius 2 is 1.92 bits per heavy atom. The second-order valence-corrected chi connectivity index (χ2v) is 3.07. The molecule has 4 nitrogen and oxygen atoms in total. The van der Waals surface area contributed by atoms with E-state index in [1.807, 2.05) is 0 Å². The van der Waals surface area contributed by atoms with E-state index in [2.05, 4.69) is 4.52 Å². The number of hydrogen-bond acceptors (Lipinski definition) is 3.